The minimum atomic E-state index is 0. The quantitative estimate of drug-likeness (QED) is 0.475. The van der Waals surface area contributed by atoms with Gasteiger partial charge in [0.2, 0.25) is 0 Å². The Morgan fingerprint density at radius 3 is 2.46 bits per heavy atom. The van der Waals surface area contributed by atoms with E-state index in [1.807, 2.05) is 24.3 Å². The van der Waals surface area contributed by atoms with Crippen molar-refractivity contribution in [1.82, 2.24) is 5.32 Å². The van der Waals surface area contributed by atoms with Crippen LogP contribution in [0.3, 0.4) is 0 Å². The minimum Gasteiger partial charge on any atom is -0.488 e. The molecule has 0 aliphatic carbocycles. The van der Waals surface area contributed by atoms with Gasteiger partial charge >= 0.3 is 0 Å². The second kappa shape index (κ2) is 12.3. The number of hydrogen-bond acceptors (Lipinski definition) is 2. The molecule has 132 valence electrons. The van der Waals surface area contributed by atoms with Crippen molar-refractivity contribution in [3.8, 4) is 5.75 Å². The fraction of sp³-hybridized carbons (Fsp3) is 0.400. The highest BCUT2D eigenvalue weighted by Gasteiger charge is 2.03. The molecule has 0 saturated heterocycles. The molecule has 0 heterocycles. The van der Waals surface area contributed by atoms with Gasteiger partial charge in [-0.2, -0.15) is 0 Å². The lowest BCUT2D eigenvalue weighted by Crippen LogP contribution is -2.14. The van der Waals surface area contributed by atoms with Gasteiger partial charge < -0.3 is 10.1 Å². The lowest BCUT2D eigenvalue weighted by atomic mass is 10.2. The van der Waals surface area contributed by atoms with Crippen LogP contribution in [0.1, 0.15) is 43.7 Å². The lowest BCUT2D eigenvalue weighted by Gasteiger charge is -2.10. The lowest BCUT2D eigenvalue weighted by molar-refractivity contribution is 0.304. The second-order valence-corrected chi connectivity index (χ2v) is 6.63. The fourth-order valence-electron chi connectivity index (χ4n) is 2.42. The Kier molecular flexibility index (Phi) is 10.8. The van der Waals surface area contributed by atoms with Crippen molar-refractivity contribution in [3.63, 3.8) is 0 Å². The number of unbranched alkanes of at least 4 members (excludes halogenated alkanes) is 3. The molecule has 0 amide bonds. The summed E-state index contributed by atoms with van der Waals surface area (Å²) >= 11 is 3.61. The van der Waals surface area contributed by atoms with Crippen molar-refractivity contribution in [2.45, 2.75) is 45.8 Å². The summed E-state index contributed by atoms with van der Waals surface area (Å²) in [5.41, 5.74) is 2.46. The predicted molar refractivity (Wildman–Crippen MR) is 108 cm³/mol. The molecule has 2 aromatic rings. The first-order valence-corrected chi connectivity index (χ1v) is 9.24. The van der Waals surface area contributed by atoms with Crippen molar-refractivity contribution in [2.24, 2.45) is 0 Å². The highest BCUT2D eigenvalue weighted by molar-refractivity contribution is 9.10. The van der Waals surface area contributed by atoms with Crippen molar-refractivity contribution in [3.05, 3.63) is 64.1 Å². The van der Waals surface area contributed by atoms with E-state index in [0.29, 0.717) is 6.61 Å². The van der Waals surface area contributed by atoms with E-state index in [-0.39, 0.29) is 12.4 Å². The molecule has 2 rings (SSSR count). The number of halogens is 2. The molecule has 4 heteroatoms. The predicted octanol–water partition coefficient (Wildman–Crippen LogP) is 6.12. The summed E-state index contributed by atoms with van der Waals surface area (Å²) in [5.74, 6) is 0.889. The standard InChI is InChI=1S/C20H26BrNO.ClH/c1-2-3-4-8-13-22-15-18-11-12-20(19(21)14-18)23-16-17-9-6-5-7-10-17;/h5-7,9-12,14,22H,2-4,8,13,15-16H2,1H3;1H. The number of benzene rings is 2. The van der Waals surface area contributed by atoms with Crippen LogP contribution < -0.4 is 10.1 Å². The van der Waals surface area contributed by atoms with Gasteiger partial charge in [0.05, 0.1) is 4.47 Å². The van der Waals surface area contributed by atoms with E-state index < -0.39 is 0 Å². The first-order valence-electron chi connectivity index (χ1n) is 8.45. The molecular weight excluding hydrogens is 386 g/mol. The maximum absolute atomic E-state index is 5.88. The molecule has 0 bridgehead atoms. The van der Waals surface area contributed by atoms with Gasteiger partial charge in [0, 0.05) is 6.54 Å². The summed E-state index contributed by atoms with van der Waals surface area (Å²) in [6.45, 7) is 4.83. The maximum Gasteiger partial charge on any atom is 0.134 e. The average Bonchev–Trinajstić information content (AvgIpc) is 2.58. The van der Waals surface area contributed by atoms with Gasteiger partial charge in [0.25, 0.3) is 0 Å². The molecule has 0 fully saturated rings. The molecule has 0 aliphatic rings. The van der Waals surface area contributed by atoms with Crippen molar-refractivity contribution >= 4 is 28.3 Å². The largest absolute Gasteiger partial charge is 0.488 e. The Balaban J connectivity index is 0.00000288. The molecule has 0 aliphatic heterocycles. The van der Waals surface area contributed by atoms with E-state index in [2.05, 4.69) is 52.4 Å². The van der Waals surface area contributed by atoms with Gasteiger partial charge in [-0.3, -0.25) is 0 Å². The summed E-state index contributed by atoms with van der Waals surface area (Å²) in [6, 6.07) is 16.5. The van der Waals surface area contributed by atoms with Crippen molar-refractivity contribution in [2.75, 3.05) is 6.54 Å². The van der Waals surface area contributed by atoms with Crippen LogP contribution in [0.25, 0.3) is 0 Å². The van der Waals surface area contributed by atoms with Crippen LogP contribution >= 0.6 is 28.3 Å². The molecule has 0 aromatic heterocycles. The molecule has 0 saturated carbocycles. The number of ether oxygens (including phenoxy) is 1. The summed E-state index contributed by atoms with van der Waals surface area (Å²) < 4.78 is 6.89. The molecule has 0 radical (unpaired) electrons. The molecular formula is C20H27BrClNO. The van der Waals surface area contributed by atoms with E-state index >= 15 is 0 Å². The smallest absolute Gasteiger partial charge is 0.134 e. The van der Waals surface area contributed by atoms with E-state index in [1.165, 1.54) is 36.8 Å². The third-order valence-electron chi connectivity index (χ3n) is 3.77. The topological polar surface area (TPSA) is 21.3 Å². The van der Waals surface area contributed by atoms with Gasteiger partial charge in [0.15, 0.2) is 0 Å². The molecule has 0 atom stereocenters. The summed E-state index contributed by atoms with van der Waals surface area (Å²) in [7, 11) is 0. The fourth-order valence-corrected chi connectivity index (χ4v) is 2.96. The van der Waals surface area contributed by atoms with E-state index in [9.17, 15) is 0 Å². The third-order valence-corrected chi connectivity index (χ3v) is 4.39. The summed E-state index contributed by atoms with van der Waals surface area (Å²) in [4.78, 5) is 0. The Hall–Kier alpha value is -1.03. The van der Waals surface area contributed by atoms with E-state index in [4.69, 9.17) is 4.74 Å². The number of rotatable bonds is 10. The van der Waals surface area contributed by atoms with Crippen LogP contribution in [0.4, 0.5) is 0 Å². The Morgan fingerprint density at radius 1 is 0.958 bits per heavy atom. The molecule has 0 spiro atoms. The van der Waals surface area contributed by atoms with E-state index in [1.54, 1.807) is 0 Å². The normalized spacial score (nSPS) is 10.2. The van der Waals surface area contributed by atoms with Gasteiger partial charge in [-0.15, -0.1) is 12.4 Å². The van der Waals surface area contributed by atoms with Crippen molar-refractivity contribution < 1.29 is 4.74 Å². The molecule has 2 nitrogen and oxygen atoms in total. The highest BCUT2D eigenvalue weighted by atomic mass is 79.9. The van der Waals surface area contributed by atoms with Crippen LogP contribution in [0.15, 0.2) is 53.0 Å². The Bertz CT molecular complexity index is 577. The zero-order valence-electron chi connectivity index (χ0n) is 14.3. The molecule has 24 heavy (non-hydrogen) atoms. The molecule has 1 N–H and O–H groups in total. The number of hydrogen-bond donors (Lipinski definition) is 1. The van der Waals surface area contributed by atoms with Gasteiger partial charge in [-0.1, -0.05) is 62.6 Å². The zero-order valence-corrected chi connectivity index (χ0v) is 16.7. The van der Waals surface area contributed by atoms with Crippen molar-refractivity contribution in [1.29, 1.82) is 0 Å². The van der Waals surface area contributed by atoms with Gasteiger partial charge in [-0.05, 0) is 52.2 Å². The number of nitrogens with one attached hydrogen (secondary N) is 1. The summed E-state index contributed by atoms with van der Waals surface area (Å²) in [5, 5.41) is 3.50. The maximum atomic E-state index is 5.88. The second-order valence-electron chi connectivity index (χ2n) is 5.78. The Morgan fingerprint density at radius 2 is 1.75 bits per heavy atom. The molecule has 2 aromatic carbocycles. The highest BCUT2D eigenvalue weighted by Crippen LogP contribution is 2.26. The first-order chi connectivity index (χ1) is 11.3. The van der Waals surface area contributed by atoms with Crippen LogP contribution in [-0.4, -0.2) is 6.54 Å². The first kappa shape index (κ1) is 21.0. The van der Waals surface area contributed by atoms with Crippen LogP contribution in [-0.2, 0) is 13.2 Å². The third kappa shape index (κ3) is 7.69. The zero-order chi connectivity index (χ0) is 16.3. The SMILES string of the molecule is CCCCCCNCc1ccc(OCc2ccccc2)c(Br)c1.Cl. The monoisotopic (exact) mass is 411 g/mol. The average molecular weight is 413 g/mol. The van der Waals surface area contributed by atoms with Crippen LogP contribution in [0.2, 0.25) is 0 Å². The van der Waals surface area contributed by atoms with E-state index in [0.717, 1.165) is 23.3 Å². The molecule has 0 unspecified atom stereocenters. The summed E-state index contributed by atoms with van der Waals surface area (Å²) in [6.07, 6.45) is 5.20. The van der Waals surface area contributed by atoms with Gasteiger partial charge in [0.1, 0.15) is 12.4 Å². The Labute approximate surface area is 160 Å². The van der Waals surface area contributed by atoms with Gasteiger partial charge in [-0.25, -0.2) is 0 Å². The van der Waals surface area contributed by atoms with Crippen LogP contribution in [0, 0.1) is 0 Å². The minimum absolute atomic E-state index is 0. The van der Waals surface area contributed by atoms with Crippen LogP contribution in [0.5, 0.6) is 5.75 Å².